The quantitative estimate of drug-likeness (QED) is 0.797. The van der Waals surface area contributed by atoms with Crippen molar-refractivity contribution >= 4 is 34.2 Å². The van der Waals surface area contributed by atoms with Crippen LogP contribution in [0.2, 0.25) is 0 Å². The van der Waals surface area contributed by atoms with E-state index in [-0.39, 0.29) is 12.8 Å². The van der Waals surface area contributed by atoms with Crippen LogP contribution < -0.4 is 10.4 Å². The Bertz CT molecular complexity index is 649. The highest BCUT2D eigenvalue weighted by atomic mass is 32.1. The van der Waals surface area contributed by atoms with Crippen LogP contribution >= 0.6 is 11.3 Å². The molecule has 1 aromatic heterocycles. The Kier molecular flexibility index (Phi) is 5.06. The van der Waals surface area contributed by atoms with Crippen molar-refractivity contribution in [3.05, 3.63) is 16.0 Å². The molecule has 0 radical (unpaired) electrons. The number of thiophene rings is 1. The summed E-state index contributed by atoms with van der Waals surface area (Å²) < 4.78 is 10.5. The molecule has 0 aliphatic carbocycles. The normalized spacial score (nSPS) is 15.6. The number of rotatable bonds is 5. The van der Waals surface area contributed by atoms with Gasteiger partial charge in [0.15, 0.2) is 0 Å². The number of hydrogen-bond acceptors (Lipinski definition) is 7. The van der Waals surface area contributed by atoms with Crippen LogP contribution in [0, 0.1) is 0 Å². The first-order chi connectivity index (χ1) is 10.7. The smallest absolute Gasteiger partial charge is 0.341 e. The third-order valence-corrected chi connectivity index (χ3v) is 4.61. The number of ether oxygens (including phenoxy) is 2. The molecule has 0 fully saturated rings. The van der Waals surface area contributed by atoms with E-state index in [9.17, 15) is 19.5 Å². The molecule has 8 heteroatoms. The first-order valence-electron chi connectivity index (χ1n) is 7.10. The molecule has 23 heavy (non-hydrogen) atoms. The van der Waals surface area contributed by atoms with Crippen LogP contribution in [0.1, 0.15) is 47.5 Å². The summed E-state index contributed by atoms with van der Waals surface area (Å²) in [4.78, 5) is 35.2. The predicted octanol–water partition coefficient (Wildman–Crippen LogP) is 0.855. The topological polar surface area (TPSA) is 105 Å². The molecule has 1 aliphatic rings. The minimum Gasteiger partial charge on any atom is -0.550 e. The minimum absolute atomic E-state index is 0.215. The summed E-state index contributed by atoms with van der Waals surface area (Å²) >= 11 is 1.25. The van der Waals surface area contributed by atoms with Crippen molar-refractivity contribution in [2.24, 2.45) is 0 Å². The molecule has 7 nitrogen and oxygen atoms in total. The third kappa shape index (κ3) is 4.08. The van der Waals surface area contributed by atoms with E-state index in [1.54, 1.807) is 0 Å². The molecule has 126 valence electrons. The second-order valence-corrected chi connectivity index (χ2v) is 6.95. The monoisotopic (exact) mass is 340 g/mol. The van der Waals surface area contributed by atoms with Gasteiger partial charge in [-0.3, -0.25) is 4.79 Å². The van der Waals surface area contributed by atoms with Crippen molar-refractivity contribution in [2.75, 3.05) is 12.4 Å². The SMILES string of the molecule is COC(=O)c1c(NC(=O)CCC(=O)[O-])sc2c1CC(C)(C)OC2. The minimum atomic E-state index is -1.30. The van der Waals surface area contributed by atoms with Gasteiger partial charge in [0.05, 0.1) is 24.9 Å². The Hall–Kier alpha value is -1.93. The molecule has 0 unspecified atom stereocenters. The van der Waals surface area contributed by atoms with Gasteiger partial charge in [0, 0.05) is 23.7 Å². The Morgan fingerprint density at radius 1 is 1.35 bits per heavy atom. The Morgan fingerprint density at radius 3 is 2.65 bits per heavy atom. The number of carbonyl (C=O) groups excluding carboxylic acids is 3. The number of carbonyl (C=O) groups is 3. The van der Waals surface area contributed by atoms with Crippen molar-refractivity contribution < 1.29 is 29.0 Å². The summed E-state index contributed by atoms with van der Waals surface area (Å²) in [7, 11) is 1.28. The highest BCUT2D eigenvalue weighted by Gasteiger charge is 2.34. The van der Waals surface area contributed by atoms with E-state index in [0.29, 0.717) is 23.6 Å². The third-order valence-electron chi connectivity index (χ3n) is 3.49. The van der Waals surface area contributed by atoms with Crippen molar-refractivity contribution in [3.8, 4) is 0 Å². The number of nitrogens with one attached hydrogen (secondary N) is 1. The standard InChI is InChI=1S/C15H19NO6S/c1-15(2)6-8-9(7-22-15)23-13(12(8)14(20)21-3)16-10(17)4-5-11(18)19/h4-7H2,1-3H3,(H,16,17)(H,18,19)/p-1. The fourth-order valence-corrected chi connectivity index (χ4v) is 3.50. The Labute approximate surface area is 137 Å². The lowest BCUT2D eigenvalue weighted by Crippen LogP contribution is -2.32. The lowest BCUT2D eigenvalue weighted by atomic mass is 9.93. The van der Waals surface area contributed by atoms with Gasteiger partial charge < -0.3 is 24.7 Å². The molecule has 2 heterocycles. The maximum absolute atomic E-state index is 12.1. The zero-order chi connectivity index (χ0) is 17.2. The molecule has 0 atom stereocenters. The fraction of sp³-hybridized carbons (Fsp3) is 0.533. The van der Waals surface area contributed by atoms with Crippen LogP contribution in [-0.2, 0) is 32.1 Å². The van der Waals surface area contributed by atoms with Gasteiger partial charge in [0.1, 0.15) is 5.00 Å². The molecule has 1 aromatic rings. The van der Waals surface area contributed by atoms with E-state index < -0.39 is 23.4 Å². The van der Waals surface area contributed by atoms with Gasteiger partial charge in [-0.05, 0) is 25.8 Å². The summed E-state index contributed by atoms with van der Waals surface area (Å²) in [6.45, 7) is 4.20. The molecule has 0 saturated carbocycles. The Morgan fingerprint density at radius 2 is 2.04 bits per heavy atom. The number of carboxylic acid groups (broad SMARTS) is 1. The fourth-order valence-electron chi connectivity index (χ4n) is 2.36. The van der Waals surface area contributed by atoms with Gasteiger partial charge >= 0.3 is 5.97 Å². The molecule has 1 amide bonds. The highest BCUT2D eigenvalue weighted by molar-refractivity contribution is 7.17. The van der Waals surface area contributed by atoms with Crippen LogP contribution in [0.25, 0.3) is 0 Å². The van der Waals surface area contributed by atoms with Gasteiger partial charge in [-0.1, -0.05) is 0 Å². The summed E-state index contributed by atoms with van der Waals surface area (Å²) in [6.07, 6.45) is -0.0632. The number of hydrogen-bond donors (Lipinski definition) is 1. The highest BCUT2D eigenvalue weighted by Crippen LogP contribution is 2.40. The zero-order valence-corrected chi connectivity index (χ0v) is 14.0. The van der Waals surface area contributed by atoms with E-state index in [4.69, 9.17) is 9.47 Å². The molecule has 1 N–H and O–H groups in total. The first kappa shape index (κ1) is 17.4. The number of fused-ring (bicyclic) bond motifs is 1. The van der Waals surface area contributed by atoms with E-state index in [1.165, 1.54) is 18.4 Å². The van der Waals surface area contributed by atoms with Crippen LogP contribution in [-0.4, -0.2) is 30.6 Å². The van der Waals surface area contributed by atoms with Crippen molar-refractivity contribution in [3.63, 3.8) is 0 Å². The van der Waals surface area contributed by atoms with E-state index >= 15 is 0 Å². The molecule has 2 rings (SSSR count). The van der Waals surface area contributed by atoms with Crippen LogP contribution in [0.15, 0.2) is 0 Å². The molecule has 0 saturated heterocycles. The zero-order valence-electron chi connectivity index (χ0n) is 13.2. The van der Waals surface area contributed by atoms with Crippen LogP contribution in [0.4, 0.5) is 5.00 Å². The number of amides is 1. The van der Waals surface area contributed by atoms with Gasteiger partial charge in [-0.25, -0.2) is 4.79 Å². The first-order valence-corrected chi connectivity index (χ1v) is 7.91. The number of methoxy groups -OCH3 is 1. The lowest BCUT2D eigenvalue weighted by molar-refractivity contribution is -0.305. The predicted molar refractivity (Wildman–Crippen MR) is 81.1 cm³/mol. The van der Waals surface area contributed by atoms with Gasteiger partial charge in [0.2, 0.25) is 5.91 Å². The van der Waals surface area contributed by atoms with Crippen molar-refractivity contribution in [1.82, 2.24) is 0 Å². The van der Waals surface area contributed by atoms with Gasteiger partial charge in [-0.2, -0.15) is 0 Å². The molecule has 0 aromatic carbocycles. The van der Waals surface area contributed by atoms with Crippen LogP contribution in [0.3, 0.4) is 0 Å². The maximum atomic E-state index is 12.1. The van der Waals surface area contributed by atoms with E-state index in [2.05, 4.69) is 5.32 Å². The lowest BCUT2D eigenvalue weighted by Gasteiger charge is -2.30. The molecular weight excluding hydrogens is 322 g/mol. The average molecular weight is 340 g/mol. The van der Waals surface area contributed by atoms with Crippen LogP contribution in [0.5, 0.6) is 0 Å². The van der Waals surface area contributed by atoms with Gasteiger partial charge in [0.25, 0.3) is 0 Å². The second kappa shape index (κ2) is 6.67. The Balaban J connectivity index is 2.29. The summed E-state index contributed by atoms with van der Waals surface area (Å²) in [5, 5.41) is 13.4. The van der Waals surface area contributed by atoms with E-state index in [1.807, 2.05) is 13.8 Å². The maximum Gasteiger partial charge on any atom is 0.341 e. The average Bonchev–Trinajstić information content (AvgIpc) is 2.80. The number of aliphatic carboxylic acids is 1. The number of anilines is 1. The van der Waals surface area contributed by atoms with Gasteiger partial charge in [-0.15, -0.1) is 11.3 Å². The molecule has 0 spiro atoms. The second-order valence-electron chi connectivity index (χ2n) is 5.84. The van der Waals surface area contributed by atoms with Crippen molar-refractivity contribution in [2.45, 2.75) is 45.3 Å². The molecular formula is C15H18NO6S-. The number of carboxylic acids is 1. The summed E-state index contributed by atoms with van der Waals surface area (Å²) in [5.74, 6) is -2.32. The molecule has 1 aliphatic heterocycles. The molecule has 0 bridgehead atoms. The summed E-state index contributed by atoms with van der Waals surface area (Å²) in [6, 6.07) is 0. The largest absolute Gasteiger partial charge is 0.550 e. The van der Waals surface area contributed by atoms with E-state index in [0.717, 1.165) is 10.4 Å². The number of esters is 1. The summed E-state index contributed by atoms with van der Waals surface area (Å²) in [5.41, 5.74) is 0.728. The van der Waals surface area contributed by atoms with Crippen molar-refractivity contribution in [1.29, 1.82) is 0 Å².